The molecule has 0 aliphatic rings. The number of unbranched alkanes of at least 4 members (excludes halogenated alkanes) is 1. The smallest absolute Gasteiger partial charge is 0.274 e. The van der Waals surface area contributed by atoms with Crippen molar-refractivity contribution in [3.8, 4) is 0 Å². The van der Waals surface area contributed by atoms with E-state index in [4.69, 9.17) is 0 Å². The lowest BCUT2D eigenvalue weighted by atomic mass is 10.1. The minimum absolute atomic E-state index is 0.0215. The number of hydrogen-bond donors (Lipinski definition) is 1. The van der Waals surface area contributed by atoms with Crippen LogP contribution in [-0.2, 0) is 4.79 Å². The van der Waals surface area contributed by atoms with E-state index >= 15 is 0 Å². The molecule has 0 bridgehead atoms. The first-order valence-electron chi connectivity index (χ1n) is 5.66. The van der Waals surface area contributed by atoms with Gasteiger partial charge in [-0.3, -0.25) is 14.9 Å². The van der Waals surface area contributed by atoms with Crippen molar-refractivity contribution in [3.63, 3.8) is 0 Å². The van der Waals surface area contributed by atoms with E-state index in [2.05, 4.69) is 21.2 Å². The normalized spacial score (nSPS) is 10.1. The second-order valence-electron chi connectivity index (χ2n) is 3.90. The van der Waals surface area contributed by atoms with Crippen LogP contribution < -0.4 is 5.32 Å². The molecule has 0 aromatic heterocycles. The lowest BCUT2D eigenvalue weighted by Crippen LogP contribution is -2.12. The summed E-state index contributed by atoms with van der Waals surface area (Å²) in [6, 6.07) is 4.67. The fraction of sp³-hybridized carbons (Fsp3) is 0.417. The van der Waals surface area contributed by atoms with Gasteiger partial charge in [0, 0.05) is 17.8 Å². The van der Waals surface area contributed by atoms with Crippen molar-refractivity contribution in [2.24, 2.45) is 0 Å². The zero-order valence-electron chi connectivity index (χ0n) is 10.1. The van der Waals surface area contributed by atoms with E-state index < -0.39 is 4.92 Å². The Morgan fingerprint density at radius 2 is 2.17 bits per heavy atom. The number of nitro benzene ring substituents is 1. The van der Waals surface area contributed by atoms with Crippen molar-refractivity contribution in [1.29, 1.82) is 0 Å². The highest BCUT2D eigenvalue weighted by Crippen LogP contribution is 2.25. The van der Waals surface area contributed by atoms with Gasteiger partial charge in [-0.05, 0) is 25.8 Å². The standard InChI is InChI=1S/C12H15BrN2O3/c1-9-10(5-4-6-11(9)15(17)18)14-12(16)7-2-3-8-13/h4-6H,2-3,7-8H2,1H3,(H,14,16). The number of benzene rings is 1. The highest BCUT2D eigenvalue weighted by atomic mass is 79.9. The summed E-state index contributed by atoms with van der Waals surface area (Å²) in [5.74, 6) is -0.112. The predicted molar refractivity (Wildman–Crippen MR) is 74.1 cm³/mol. The van der Waals surface area contributed by atoms with E-state index in [1.54, 1.807) is 19.1 Å². The Hall–Kier alpha value is -1.43. The molecule has 1 aromatic rings. The number of nitrogens with one attached hydrogen (secondary N) is 1. The number of hydrogen-bond acceptors (Lipinski definition) is 3. The minimum atomic E-state index is -0.449. The van der Waals surface area contributed by atoms with Crippen molar-refractivity contribution in [2.45, 2.75) is 26.2 Å². The largest absolute Gasteiger partial charge is 0.326 e. The molecule has 5 nitrogen and oxygen atoms in total. The third-order valence-electron chi connectivity index (χ3n) is 2.56. The van der Waals surface area contributed by atoms with Gasteiger partial charge >= 0.3 is 0 Å². The van der Waals surface area contributed by atoms with E-state index in [1.807, 2.05) is 0 Å². The predicted octanol–water partition coefficient (Wildman–Crippen LogP) is 3.41. The Morgan fingerprint density at radius 3 is 2.78 bits per heavy atom. The molecule has 0 spiro atoms. The molecule has 0 saturated carbocycles. The molecule has 98 valence electrons. The van der Waals surface area contributed by atoms with Gasteiger partial charge in [-0.1, -0.05) is 22.0 Å². The van der Waals surface area contributed by atoms with Crippen LogP contribution >= 0.6 is 15.9 Å². The topological polar surface area (TPSA) is 72.2 Å². The van der Waals surface area contributed by atoms with Crippen LogP contribution in [0.4, 0.5) is 11.4 Å². The molecular formula is C12H15BrN2O3. The molecular weight excluding hydrogens is 300 g/mol. The van der Waals surface area contributed by atoms with Crippen LogP contribution in [0.25, 0.3) is 0 Å². The number of nitro groups is 1. The van der Waals surface area contributed by atoms with Crippen molar-refractivity contribution in [2.75, 3.05) is 10.6 Å². The number of nitrogens with zero attached hydrogens (tertiary/aromatic N) is 1. The van der Waals surface area contributed by atoms with E-state index in [9.17, 15) is 14.9 Å². The monoisotopic (exact) mass is 314 g/mol. The van der Waals surface area contributed by atoms with Gasteiger partial charge in [0.05, 0.1) is 16.2 Å². The number of anilines is 1. The van der Waals surface area contributed by atoms with Gasteiger partial charge in [-0.15, -0.1) is 0 Å². The fourth-order valence-corrected chi connectivity index (χ4v) is 1.95. The number of rotatable bonds is 6. The van der Waals surface area contributed by atoms with Crippen molar-refractivity contribution in [3.05, 3.63) is 33.9 Å². The summed E-state index contributed by atoms with van der Waals surface area (Å²) < 4.78 is 0. The molecule has 0 saturated heterocycles. The second kappa shape index (κ2) is 7.10. The highest BCUT2D eigenvalue weighted by Gasteiger charge is 2.14. The van der Waals surface area contributed by atoms with E-state index in [0.717, 1.165) is 18.2 Å². The van der Waals surface area contributed by atoms with Crippen LogP contribution in [-0.4, -0.2) is 16.2 Å². The summed E-state index contributed by atoms with van der Waals surface area (Å²) in [4.78, 5) is 21.9. The van der Waals surface area contributed by atoms with Crippen molar-refractivity contribution in [1.82, 2.24) is 0 Å². The fourth-order valence-electron chi connectivity index (χ4n) is 1.55. The van der Waals surface area contributed by atoms with E-state index in [1.165, 1.54) is 6.07 Å². The van der Waals surface area contributed by atoms with Crippen molar-refractivity contribution >= 4 is 33.2 Å². The molecule has 0 aliphatic carbocycles. The number of amides is 1. The van der Waals surface area contributed by atoms with Crippen LogP contribution in [0.1, 0.15) is 24.8 Å². The average molecular weight is 315 g/mol. The van der Waals surface area contributed by atoms with Crippen LogP contribution in [0.2, 0.25) is 0 Å². The summed E-state index contributed by atoms with van der Waals surface area (Å²) in [5, 5.41) is 14.3. The molecule has 0 heterocycles. The molecule has 1 aromatic carbocycles. The van der Waals surface area contributed by atoms with Crippen LogP contribution in [0, 0.1) is 17.0 Å². The zero-order chi connectivity index (χ0) is 13.5. The van der Waals surface area contributed by atoms with Gasteiger partial charge in [0.15, 0.2) is 0 Å². The van der Waals surface area contributed by atoms with E-state index in [-0.39, 0.29) is 11.6 Å². The number of carbonyl (C=O) groups is 1. The molecule has 0 fully saturated rings. The molecule has 0 unspecified atom stereocenters. The Kier molecular flexibility index (Phi) is 5.77. The van der Waals surface area contributed by atoms with Gasteiger partial charge in [0.25, 0.3) is 5.69 Å². The first-order chi connectivity index (χ1) is 8.56. The first kappa shape index (κ1) is 14.6. The van der Waals surface area contributed by atoms with Gasteiger partial charge in [-0.2, -0.15) is 0 Å². The van der Waals surface area contributed by atoms with Gasteiger partial charge in [0.2, 0.25) is 5.91 Å². The molecule has 1 rings (SSSR count). The summed E-state index contributed by atoms with van der Waals surface area (Å²) in [6.07, 6.45) is 2.15. The summed E-state index contributed by atoms with van der Waals surface area (Å²) in [5.41, 5.74) is 1.01. The quantitative estimate of drug-likeness (QED) is 0.378. The lowest BCUT2D eigenvalue weighted by Gasteiger charge is -2.08. The Morgan fingerprint density at radius 1 is 1.44 bits per heavy atom. The minimum Gasteiger partial charge on any atom is -0.326 e. The first-order valence-corrected chi connectivity index (χ1v) is 6.78. The highest BCUT2D eigenvalue weighted by molar-refractivity contribution is 9.09. The maximum Gasteiger partial charge on any atom is 0.274 e. The van der Waals surface area contributed by atoms with Crippen LogP contribution in [0.5, 0.6) is 0 Å². The molecule has 0 radical (unpaired) electrons. The lowest BCUT2D eigenvalue weighted by molar-refractivity contribution is -0.385. The molecule has 18 heavy (non-hydrogen) atoms. The average Bonchev–Trinajstić information content (AvgIpc) is 2.32. The van der Waals surface area contributed by atoms with Crippen LogP contribution in [0.15, 0.2) is 18.2 Å². The van der Waals surface area contributed by atoms with Gasteiger partial charge in [0.1, 0.15) is 0 Å². The number of carbonyl (C=O) groups excluding carboxylic acids is 1. The molecule has 6 heteroatoms. The Bertz CT molecular complexity index is 449. The van der Waals surface area contributed by atoms with Gasteiger partial charge in [-0.25, -0.2) is 0 Å². The maximum atomic E-state index is 11.6. The Balaban J connectivity index is 2.70. The summed E-state index contributed by atoms with van der Waals surface area (Å²) in [7, 11) is 0. The summed E-state index contributed by atoms with van der Waals surface area (Å²) >= 11 is 3.30. The second-order valence-corrected chi connectivity index (χ2v) is 4.69. The molecule has 1 amide bonds. The Labute approximate surface area is 114 Å². The maximum absolute atomic E-state index is 11.6. The number of alkyl halides is 1. The molecule has 0 aliphatic heterocycles. The number of halogens is 1. The third kappa shape index (κ3) is 4.10. The summed E-state index contributed by atoms with van der Waals surface area (Å²) in [6.45, 7) is 1.63. The van der Waals surface area contributed by atoms with Crippen molar-refractivity contribution < 1.29 is 9.72 Å². The zero-order valence-corrected chi connectivity index (χ0v) is 11.7. The van der Waals surface area contributed by atoms with Gasteiger partial charge < -0.3 is 5.32 Å². The molecule has 0 atom stereocenters. The SMILES string of the molecule is Cc1c(NC(=O)CCCCBr)cccc1[N+](=O)[O-]. The van der Waals surface area contributed by atoms with Crippen LogP contribution in [0.3, 0.4) is 0 Å². The third-order valence-corrected chi connectivity index (χ3v) is 3.12. The molecule has 1 N–H and O–H groups in total. The van der Waals surface area contributed by atoms with E-state index in [0.29, 0.717) is 17.7 Å².